The van der Waals surface area contributed by atoms with Crippen LogP contribution in [-0.4, -0.2) is 37.6 Å². The van der Waals surface area contributed by atoms with E-state index in [1.165, 1.54) is 19.3 Å². The topological polar surface area (TPSA) is 29.5 Å². The van der Waals surface area contributed by atoms with E-state index < -0.39 is 0 Å². The summed E-state index contributed by atoms with van der Waals surface area (Å²) in [6, 6.07) is 0.421. The zero-order valence-corrected chi connectivity index (χ0v) is 6.88. The van der Waals surface area contributed by atoms with Crippen molar-refractivity contribution in [3.63, 3.8) is 0 Å². The molecule has 0 bridgehead atoms. The Morgan fingerprint density at radius 3 is 3.09 bits per heavy atom. The molecule has 1 fully saturated rings. The highest BCUT2D eigenvalue weighted by Crippen LogP contribution is 2.14. The largest absolute Gasteiger partial charge is 0.456 e. The first-order chi connectivity index (χ1) is 5.34. The molecule has 0 spiro atoms. The van der Waals surface area contributed by atoms with Crippen LogP contribution >= 0.6 is 0 Å². The van der Waals surface area contributed by atoms with Gasteiger partial charge in [-0.1, -0.05) is 6.42 Å². The van der Waals surface area contributed by atoms with Gasteiger partial charge in [-0.15, -0.1) is 0 Å². The summed E-state index contributed by atoms with van der Waals surface area (Å²) < 4.78 is 4.60. The van der Waals surface area contributed by atoms with Gasteiger partial charge in [-0.2, -0.15) is 0 Å². The Bertz CT molecular complexity index is 127. The number of nitrogens with zero attached hydrogens (tertiary/aromatic N) is 1. The summed E-state index contributed by atoms with van der Waals surface area (Å²) in [6.45, 7) is 3.08. The Morgan fingerprint density at radius 2 is 2.45 bits per heavy atom. The number of hydrogen-bond acceptors (Lipinski definition) is 3. The standard InChI is InChI=1S/C8H14NO2/c1-9-5-3-2-4-8(9)6-11-7-10/h8H,2-6H2,1H3. The molecule has 11 heavy (non-hydrogen) atoms. The zero-order chi connectivity index (χ0) is 8.10. The number of rotatable bonds is 3. The predicted molar refractivity (Wildman–Crippen MR) is 41.9 cm³/mol. The third kappa shape index (κ3) is 2.50. The minimum absolute atomic E-state index is 0.421. The van der Waals surface area contributed by atoms with Gasteiger partial charge in [0, 0.05) is 6.04 Å². The molecule has 1 aliphatic rings. The highest BCUT2D eigenvalue weighted by Gasteiger charge is 2.18. The number of piperidine rings is 1. The molecule has 0 amide bonds. The number of carbonyl (C=O) groups excluding carboxylic acids is 1. The highest BCUT2D eigenvalue weighted by molar-refractivity contribution is 5.38. The van der Waals surface area contributed by atoms with Crippen LogP contribution in [0, 0.1) is 0 Å². The highest BCUT2D eigenvalue weighted by atomic mass is 16.5. The van der Waals surface area contributed by atoms with Gasteiger partial charge in [-0.05, 0) is 26.4 Å². The maximum atomic E-state index is 9.79. The van der Waals surface area contributed by atoms with E-state index in [1.54, 1.807) is 0 Å². The predicted octanol–water partition coefficient (Wildman–Crippen LogP) is 0.554. The summed E-state index contributed by atoms with van der Waals surface area (Å²) in [5.41, 5.74) is 0. The normalized spacial score (nSPS) is 26.5. The molecule has 0 aliphatic carbocycles. The first-order valence-corrected chi connectivity index (χ1v) is 4.04. The first kappa shape index (κ1) is 8.53. The third-order valence-electron chi connectivity index (χ3n) is 2.26. The SMILES string of the molecule is CN1CCCCC1CO[C]=O. The summed E-state index contributed by atoms with van der Waals surface area (Å²) in [6.07, 6.45) is 3.65. The maximum absolute atomic E-state index is 9.79. The lowest BCUT2D eigenvalue weighted by Gasteiger charge is -2.31. The Hall–Kier alpha value is -0.570. The van der Waals surface area contributed by atoms with Crippen molar-refractivity contribution >= 4 is 6.47 Å². The van der Waals surface area contributed by atoms with E-state index >= 15 is 0 Å². The summed E-state index contributed by atoms with van der Waals surface area (Å²) in [5, 5.41) is 0. The maximum Gasteiger partial charge on any atom is 0.417 e. The zero-order valence-electron chi connectivity index (χ0n) is 6.88. The van der Waals surface area contributed by atoms with Gasteiger partial charge in [0.15, 0.2) is 0 Å². The molecule has 0 aromatic carbocycles. The molecule has 0 saturated carbocycles. The number of likely N-dealkylation sites (tertiary alicyclic amines) is 1. The van der Waals surface area contributed by atoms with Crippen LogP contribution in [0.3, 0.4) is 0 Å². The average Bonchev–Trinajstić information content (AvgIpc) is 2.03. The van der Waals surface area contributed by atoms with Gasteiger partial charge in [0.2, 0.25) is 0 Å². The van der Waals surface area contributed by atoms with Crippen LogP contribution in [0.5, 0.6) is 0 Å². The first-order valence-electron chi connectivity index (χ1n) is 4.04. The van der Waals surface area contributed by atoms with Crippen molar-refractivity contribution in [3.8, 4) is 0 Å². The van der Waals surface area contributed by atoms with Crippen LogP contribution in [0.4, 0.5) is 0 Å². The molecule has 0 aromatic rings. The molecule has 1 aliphatic heterocycles. The fraction of sp³-hybridized carbons (Fsp3) is 0.875. The summed E-state index contributed by atoms with van der Waals surface area (Å²) in [4.78, 5) is 12.0. The van der Waals surface area contributed by atoms with Crippen LogP contribution in [0.15, 0.2) is 0 Å². The van der Waals surface area contributed by atoms with Crippen molar-refractivity contribution in [1.29, 1.82) is 0 Å². The second kappa shape index (κ2) is 4.34. The van der Waals surface area contributed by atoms with E-state index in [4.69, 9.17) is 0 Å². The summed E-state index contributed by atoms with van der Waals surface area (Å²) >= 11 is 0. The van der Waals surface area contributed by atoms with Gasteiger partial charge in [0.05, 0.1) is 0 Å². The van der Waals surface area contributed by atoms with Crippen LogP contribution in [0.2, 0.25) is 0 Å². The average molecular weight is 156 g/mol. The molecule has 0 N–H and O–H groups in total. The van der Waals surface area contributed by atoms with Crippen molar-refractivity contribution < 1.29 is 9.53 Å². The Balaban J connectivity index is 2.23. The molecule has 1 rings (SSSR count). The molecule has 3 heteroatoms. The molecule has 63 valence electrons. The second-order valence-corrected chi connectivity index (χ2v) is 3.02. The van der Waals surface area contributed by atoms with Crippen LogP contribution in [-0.2, 0) is 9.53 Å². The van der Waals surface area contributed by atoms with Gasteiger partial charge in [-0.25, -0.2) is 4.79 Å². The van der Waals surface area contributed by atoms with E-state index in [0.717, 1.165) is 13.0 Å². The van der Waals surface area contributed by atoms with Crippen LogP contribution in [0.1, 0.15) is 19.3 Å². The lowest BCUT2D eigenvalue weighted by atomic mass is 10.0. The van der Waals surface area contributed by atoms with Crippen molar-refractivity contribution in [3.05, 3.63) is 0 Å². The monoisotopic (exact) mass is 156 g/mol. The minimum Gasteiger partial charge on any atom is -0.456 e. The Labute approximate surface area is 67.3 Å². The lowest BCUT2D eigenvalue weighted by molar-refractivity contribution is 0.117. The summed E-state index contributed by atoms with van der Waals surface area (Å²) in [7, 11) is 2.07. The van der Waals surface area contributed by atoms with Crippen molar-refractivity contribution in [2.24, 2.45) is 0 Å². The van der Waals surface area contributed by atoms with Gasteiger partial charge in [0.25, 0.3) is 0 Å². The molecule has 1 heterocycles. The van der Waals surface area contributed by atoms with E-state index in [-0.39, 0.29) is 0 Å². The third-order valence-corrected chi connectivity index (χ3v) is 2.26. The fourth-order valence-electron chi connectivity index (χ4n) is 1.48. The minimum atomic E-state index is 0.421. The van der Waals surface area contributed by atoms with Crippen molar-refractivity contribution in [1.82, 2.24) is 4.90 Å². The van der Waals surface area contributed by atoms with Crippen molar-refractivity contribution in [2.75, 3.05) is 20.2 Å². The van der Waals surface area contributed by atoms with Crippen molar-refractivity contribution in [2.45, 2.75) is 25.3 Å². The smallest absolute Gasteiger partial charge is 0.417 e. The number of ether oxygens (including phenoxy) is 1. The molecule has 1 unspecified atom stereocenters. The quantitative estimate of drug-likeness (QED) is 0.597. The van der Waals surface area contributed by atoms with Gasteiger partial charge in [-0.3, -0.25) is 0 Å². The van der Waals surface area contributed by atoms with Gasteiger partial charge < -0.3 is 9.64 Å². The molecule has 1 atom stereocenters. The Morgan fingerprint density at radius 1 is 1.64 bits per heavy atom. The van der Waals surface area contributed by atoms with Gasteiger partial charge in [0.1, 0.15) is 6.61 Å². The second-order valence-electron chi connectivity index (χ2n) is 3.02. The number of hydrogen-bond donors (Lipinski definition) is 0. The molecular formula is C8H14NO2. The summed E-state index contributed by atoms with van der Waals surface area (Å²) in [5.74, 6) is 0. The molecule has 3 nitrogen and oxygen atoms in total. The van der Waals surface area contributed by atoms with E-state index in [9.17, 15) is 4.79 Å². The van der Waals surface area contributed by atoms with Crippen LogP contribution < -0.4 is 0 Å². The molecule has 0 aromatic heterocycles. The molecular weight excluding hydrogens is 142 g/mol. The lowest BCUT2D eigenvalue weighted by Crippen LogP contribution is -2.39. The Kier molecular flexibility index (Phi) is 3.36. The fourth-order valence-corrected chi connectivity index (χ4v) is 1.48. The van der Waals surface area contributed by atoms with E-state index in [0.29, 0.717) is 12.6 Å². The molecule has 1 saturated heterocycles. The number of likely N-dealkylation sites (N-methyl/N-ethyl adjacent to an activating group) is 1. The van der Waals surface area contributed by atoms with Crippen LogP contribution in [0.25, 0.3) is 0 Å². The molecule has 1 radical (unpaired) electrons. The van der Waals surface area contributed by atoms with E-state index in [2.05, 4.69) is 16.7 Å². The van der Waals surface area contributed by atoms with Gasteiger partial charge >= 0.3 is 6.47 Å². The van der Waals surface area contributed by atoms with E-state index in [1.807, 2.05) is 0 Å².